The molecular weight excluding hydrogens is 490 g/mol. The van der Waals surface area contributed by atoms with Crippen LogP contribution in [0.15, 0.2) is 126 Å². The van der Waals surface area contributed by atoms with Crippen molar-refractivity contribution in [1.29, 1.82) is 0 Å². The molecule has 0 aliphatic heterocycles. The van der Waals surface area contributed by atoms with Crippen molar-refractivity contribution < 1.29 is 4.42 Å². The highest BCUT2D eigenvalue weighted by molar-refractivity contribution is 6.13. The largest absolute Gasteiger partial charge is 0.452 e. The maximum absolute atomic E-state index is 6.58. The molecule has 0 atom stereocenters. The summed E-state index contributed by atoms with van der Waals surface area (Å²) in [6.07, 6.45) is 1.90. The summed E-state index contributed by atoms with van der Waals surface area (Å²) in [6, 6.07) is 40.9. The summed E-state index contributed by atoms with van der Waals surface area (Å²) >= 11 is 0. The van der Waals surface area contributed by atoms with Gasteiger partial charge in [0.05, 0.1) is 22.1 Å². The Morgan fingerprint density at radius 3 is 1.88 bits per heavy atom. The van der Waals surface area contributed by atoms with E-state index in [9.17, 15) is 0 Å². The predicted molar refractivity (Wildman–Crippen MR) is 165 cm³/mol. The van der Waals surface area contributed by atoms with Crippen LogP contribution in [0.3, 0.4) is 0 Å². The van der Waals surface area contributed by atoms with Gasteiger partial charge in [0, 0.05) is 44.2 Å². The number of furan rings is 1. The minimum atomic E-state index is 0.792. The molecule has 9 rings (SSSR count). The van der Waals surface area contributed by atoms with Crippen molar-refractivity contribution in [2.75, 3.05) is 0 Å². The molecule has 4 heteroatoms. The van der Waals surface area contributed by atoms with Crippen LogP contribution in [0, 0.1) is 6.92 Å². The highest BCUT2D eigenvalue weighted by atomic mass is 16.3. The average molecular weight is 514 g/mol. The normalized spacial score (nSPS) is 12.1. The van der Waals surface area contributed by atoms with Gasteiger partial charge in [-0.2, -0.15) is 0 Å². The first kappa shape index (κ1) is 21.6. The van der Waals surface area contributed by atoms with Crippen LogP contribution in [0.5, 0.6) is 0 Å². The minimum Gasteiger partial charge on any atom is -0.452 e. The summed E-state index contributed by atoms with van der Waals surface area (Å²) in [4.78, 5) is 4.89. The molecule has 0 radical (unpaired) electrons. The number of para-hydroxylation sites is 3. The van der Waals surface area contributed by atoms with Gasteiger partial charge in [-0.1, -0.05) is 66.2 Å². The predicted octanol–water partition coefficient (Wildman–Crippen LogP) is 9.48. The zero-order chi connectivity index (χ0) is 26.4. The van der Waals surface area contributed by atoms with E-state index in [-0.39, 0.29) is 0 Å². The summed E-state index contributed by atoms with van der Waals surface area (Å²) < 4.78 is 11.2. The maximum atomic E-state index is 6.58. The molecular formula is C36H23N3O. The van der Waals surface area contributed by atoms with Crippen molar-refractivity contribution in [3.63, 3.8) is 0 Å². The fourth-order valence-corrected chi connectivity index (χ4v) is 6.49. The van der Waals surface area contributed by atoms with Gasteiger partial charge < -0.3 is 8.98 Å². The molecule has 0 fully saturated rings. The standard InChI is InChI=1S/C36H23N3O/c1-22-14-16-33-28(20-22)26-10-4-7-13-32(26)39(33)36-35-27(18-19-37-36)29-21-23(15-17-34(29)40-35)38-30-11-5-2-8-24(30)25-9-3-6-12-31(25)38/h2-21H,1H3. The van der Waals surface area contributed by atoms with Gasteiger partial charge in [0.1, 0.15) is 5.58 Å². The summed E-state index contributed by atoms with van der Waals surface area (Å²) in [7, 11) is 0. The van der Waals surface area contributed by atoms with Crippen LogP contribution < -0.4 is 0 Å². The quantitative estimate of drug-likeness (QED) is 0.231. The lowest BCUT2D eigenvalue weighted by atomic mass is 10.1. The number of aromatic nitrogens is 3. The van der Waals surface area contributed by atoms with E-state index in [0.29, 0.717) is 0 Å². The van der Waals surface area contributed by atoms with Crippen LogP contribution in [0.4, 0.5) is 0 Å². The fraction of sp³-hybridized carbons (Fsp3) is 0.0278. The minimum absolute atomic E-state index is 0.792. The number of hydrogen-bond donors (Lipinski definition) is 0. The Morgan fingerprint density at radius 2 is 1.15 bits per heavy atom. The van der Waals surface area contributed by atoms with Crippen LogP contribution in [-0.4, -0.2) is 14.1 Å². The van der Waals surface area contributed by atoms with Crippen molar-refractivity contribution in [2.24, 2.45) is 0 Å². The van der Waals surface area contributed by atoms with Gasteiger partial charge in [0.25, 0.3) is 0 Å². The average Bonchev–Trinajstić information content (AvgIpc) is 3.64. The first-order valence-corrected chi connectivity index (χ1v) is 13.6. The molecule has 0 unspecified atom stereocenters. The fourth-order valence-electron chi connectivity index (χ4n) is 6.49. The number of rotatable bonds is 2. The monoisotopic (exact) mass is 513 g/mol. The lowest BCUT2D eigenvalue weighted by Crippen LogP contribution is -1.97. The molecule has 0 N–H and O–H groups in total. The zero-order valence-corrected chi connectivity index (χ0v) is 21.8. The molecule has 0 aliphatic rings. The third-order valence-electron chi connectivity index (χ3n) is 8.23. The lowest BCUT2D eigenvalue weighted by molar-refractivity contribution is 0.663. The number of nitrogens with zero attached hydrogens (tertiary/aromatic N) is 3. The van der Waals surface area contributed by atoms with E-state index < -0.39 is 0 Å². The smallest absolute Gasteiger partial charge is 0.181 e. The molecule has 4 nitrogen and oxygen atoms in total. The van der Waals surface area contributed by atoms with Gasteiger partial charge in [-0.25, -0.2) is 4.98 Å². The summed E-state index contributed by atoms with van der Waals surface area (Å²) in [5.41, 5.74) is 8.62. The Bertz CT molecular complexity index is 2400. The molecule has 0 saturated heterocycles. The van der Waals surface area contributed by atoms with Crippen LogP contribution in [-0.2, 0) is 0 Å². The zero-order valence-electron chi connectivity index (χ0n) is 21.8. The van der Waals surface area contributed by atoms with Gasteiger partial charge in [-0.15, -0.1) is 0 Å². The molecule has 4 heterocycles. The van der Waals surface area contributed by atoms with Crippen LogP contribution in [0.25, 0.3) is 77.1 Å². The Morgan fingerprint density at radius 1 is 0.525 bits per heavy atom. The molecule has 0 amide bonds. The van der Waals surface area contributed by atoms with E-state index >= 15 is 0 Å². The van der Waals surface area contributed by atoms with E-state index in [2.05, 4.69) is 131 Å². The number of fused-ring (bicyclic) bond motifs is 9. The van der Waals surface area contributed by atoms with E-state index in [4.69, 9.17) is 9.40 Å². The Kier molecular flexibility index (Phi) is 4.23. The number of pyridine rings is 1. The molecule has 0 spiro atoms. The molecule has 188 valence electrons. The number of hydrogen-bond acceptors (Lipinski definition) is 2. The van der Waals surface area contributed by atoms with Gasteiger partial charge in [-0.3, -0.25) is 4.57 Å². The van der Waals surface area contributed by atoms with Crippen molar-refractivity contribution in [3.05, 3.63) is 127 Å². The molecule has 40 heavy (non-hydrogen) atoms. The molecule has 5 aromatic carbocycles. The van der Waals surface area contributed by atoms with Gasteiger partial charge >= 0.3 is 0 Å². The first-order chi connectivity index (χ1) is 19.8. The second-order valence-corrected chi connectivity index (χ2v) is 10.5. The molecule has 0 saturated carbocycles. The molecule has 9 aromatic rings. The second-order valence-electron chi connectivity index (χ2n) is 10.5. The van der Waals surface area contributed by atoms with E-state index in [1.807, 2.05) is 6.20 Å². The van der Waals surface area contributed by atoms with Crippen molar-refractivity contribution >= 4 is 65.6 Å². The van der Waals surface area contributed by atoms with E-state index in [0.717, 1.165) is 44.5 Å². The van der Waals surface area contributed by atoms with Crippen LogP contribution >= 0.6 is 0 Å². The lowest BCUT2D eigenvalue weighted by Gasteiger charge is -2.08. The first-order valence-electron chi connectivity index (χ1n) is 13.6. The molecule has 0 bridgehead atoms. The second kappa shape index (κ2) is 7.84. The molecule has 0 aliphatic carbocycles. The Hall–Kier alpha value is -5.35. The summed E-state index contributed by atoms with van der Waals surface area (Å²) in [6.45, 7) is 2.14. The molecule has 4 aromatic heterocycles. The summed E-state index contributed by atoms with van der Waals surface area (Å²) in [5, 5.41) is 7.07. The number of benzene rings is 5. The Labute approximate surface area is 229 Å². The number of aryl methyl sites for hydroxylation is 1. The van der Waals surface area contributed by atoms with E-state index in [1.54, 1.807) is 0 Å². The van der Waals surface area contributed by atoms with Crippen molar-refractivity contribution in [1.82, 2.24) is 14.1 Å². The topological polar surface area (TPSA) is 35.9 Å². The third-order valence-corrected chi connectivity index (χ3v) is 8.23. The van der Waals surface area contributed by atoms with Crippen molar-refractivity contribution in [3.8, 4) is 11.5 Å². The highest BCUT2D eigenvalue weighted by Crippen LogP contribution is 2.39. The maximum Gasteiger partial charge on any atom is 0.181 e. The SMILES string of the molecule is Cc1ccc2c(c1)c1ccccc1n2-c1nccc2c1oc1ccc(-n3c4ccccc4c4ccccc43)cc12. The van der Waals surface area contributed by atoms with Crippen LogP contribution in [0.1, 0.15) is 5.56 Å². The highest BCUT2D eigenvalue weighted by Gasteiger charge is 2.19. The van der Waals surface area contributed by atoms with Gasteiger partial charge in [-0.05, 0) is 61.5 Å². The van der Waals surface area contributed by atoms with Crippen molar-refractivity contribution in [2.45, 2.75) is 6.92 Å². The Balaban J connectivity index is 1.34. The van der Waals surface area contributed by atoms with Crippen LogP contribution in [0.2, 0.25) is 0 Å². The third kappa shape index (κ3) is 2.82. The van der Waals surface area contributed by atoms with Gasteiger partial charge in [0.15, 0.2) is 11.4 Å². The van der Waals surface area contributed by atoms with Gasteiger partial charge in [0.2, 0.25) is 0 Å². The van der Waals surface area contributed by atoms with E-state index in [1.165, 1.54) is 38.1 Å². The summed E-state index contributed by atoms with van der Waals surface area (Å²) in [5.74, 6) is 0.808.